The van der Waals surface area contributed by atoms with Crippen molar-refractivity contribution in [1.82, 2.24) is 10.2 Å². The lowest BCUT2D eigenvalue weighted by atomic mass is 10.1. The van der Waals surface area contributed by atoms with Gasteiger partial charge in [0.25, 0.3) is 0 Å². The maximum Gasteiger partial charge on any atom is 0.0426 e. The first kappa shape index (κ1) is 18.3. The van der Waals surface area contributed by atoms with Crippen molar-refractivity contribution >= 4 is 17.3 Å². The summed E-state index contributed by atoms with van der Waals surface area (Å²) in [5.41, 5.74) is 2.60. The van der Waals surface area contributed by atoms with Crippen molar-refractivity contribution in [2.45, 2.75) is 33.2 Å². The van der Waals surface area contributed by atoms with Crippen LogP contribution >= 0.6 is 11.6 Å². The van der Waals surface area contributed by atoms with Crippen LogP contribution in [0.4, 0.5) is 5.69 Å². The molecule has 21 heavy (non-hydrogen) atoms. The van der Waals surface area contributed by atoms with Crippen LogP contribution in [0.3, 0.4) is 0 Å². The van der Waals surface area contributed by atoms with Gasteiger partial charge in [0, 0.05) is 30.3 Å². The molecule has 1 aromatic rings. The van der Waals surface area contributed by atoms with Crippen LogP contribution in [0.2, 0.25) is 5.02 Å². The second kappa shape index (κ2) is 10.0. The summed E-state index contributed by atoms with van der Waals surface area (Å²) < 4.78 is 0. The highest BCUT2D eigenvalue weighted by molar-refractivity contribution is 6.30. The molecule has 1 rings (SSSR count). The lowest BCUT2D eigenvalue weighted by Gasteiger charge is -2.27. The molecule has 120 valence electrons. The molecule has 1 N–H and O–H groups in total. The standard InChI is InChI=1S/C17H30ClN3/c1-5-10-19-14-15-8-9-16(18)13-17(15)21(6-2)12-7-11-20(3)4/h8-9,13,19H,5-7,10-12,14H2,1-4H3. The van der Waals surface area contributed by atoms with Gasteiger partial charge in [0.15, 0.2) is 0 Å². The molecule has 0 aromatic heterocycles. The molecule has 0 heterocycles. The minimum atomic E-state index is 0.815. The number of benzene rings is 1. The summed E-state index contributed by atoms with van der Waals surface area (Å²) in [5.74, 6) is 0. The summed E-state index contributed by atoms with van der Waals surface area (Å²) in [4.78, 5) is 4.66. The van der Waals surface area contributed by atoms with E-state index in [0.717, 1.165) is 50.6 Å². The summed E-state index contributed by atoms with van der Waals surface area (Å²) in [5, 5.41) is 4.30. The van der Waals surface area contributed by atoms with Crippen molar-refractivity contribution in [1.29, 1.82) is 0 Å². The molecule has 0 amide bonds. The van der Waals surface area contributed by atoms with Crippen molar-refractivity contribution in [2.75, 3.05) is 45.2 Å². The summed E-state index contributed by atoms with van der Waals surface area (Å²) in [6, 6.07) is 6.24. The third kappa shape index (κ3) is 6.68. The van der Waals surface area contributed by atoms with Gasteiger partial charge in [0.1, 0.15) is 0 Å². The van der Waals surface area contributed by atoms with Crippen LogP contribution in [-0.2, 0) is 6.54 Å². The van der Waals surface area contributed by atoms with Crippen molar-refractivity contribution in [2.24, 2.45) is 0 Å². The highest BCUT2D eigenvalue weighted by Gasteiger charge is 2.10. The van der Waals surface area contributed by atoms with Gasteiger partial charge < -0.3 is 15.1 Å². The number of hydrogen-bond acceptors (Lipinski definition) is 3. The predicted molar refractivity (Wildman–Crippen MR) is 94.5 cm³/mol. The van der Waals surface area contributed by atoms with Crippen LogP contribution in [0.5, 0.6) is 0 Å². The second-order valence-electron chi connectivity index (χ2n) is 5.69. The minimum Gasteiger partial charge on any atom is -0.371 e. The van der Waals surface area contributed by atoms with E-state index in [4.69, 9.17) is 11.6 Å². The number of rotatable bonds is 10. The fourth-order valence-electron chi connectivity index (χ4n) is 2.41. The summed E-state index contributed by atoms with van der Waals surface area (Å²) in [7, 11) is 4.24. The van der Waals surface area contributed by atoms with Gasteiger partial charge >= 0.3 is 0 Å². The largest absolute Gasteiger partial charge is 0.371 e. The minimum absolute atomic E-state index is 0.815. The Hall–Kier alpha value is -0.770. The summed E-state index contributed by atoms with van der Waals surface area (Å²) >= 11 is 6.21. The van der Waals surface area contributed by atoms with Crippen LogP contribution in [0, 0.1) is 0 Å². The molecule has 0 spiro atoms. The zero-order chi connectivity index (χ0) is 15.7. The summed E-state index contributed by atoms with van der Waals surface area (Å²) in [6.45, 7) is 9.54. The molecule has 0 aliphatic rings. The van der Waals surface area contributed by atoms with E-state index in [9.17, 15) is 0 Å². The van der Waals surface area contributed by atoms with E-state index in [2.05, 4.69) is 55.2 Å². The van der Waals surface area contributed by atoms with E-state index >= 15 is 0 Å². The molecule has 0 radical (unpaired) electrons. The van der Waals surface area contributed by atoms with E-state index in [0.29, 0.717) is 0 Å². The lowest BCUT2D eigenvalue weighted by molar-refractivity contribution is 0.400. The molecule has 4 heteroatoms. The molecule has 0 atom stereocenters. The molecule has 0 saturated carbocycles. The molecule has 0 aliphatic carbocycles. The molecule has 0 unspecified atom stereocenters. The predicted octanol–water partition coefficient (Wildman–Crippen LogP) is 3.62. The Morgan fingerprint density at radius 1 is 1.14 bits per heavy atom. The average Bonchev–Trinajstić information content (AvgIpc) is 2.45. The number of anilines is 1. The van der Waals surface area contributed by atoms with Crippen LogP contribution in [0.25, 0.3) is 0 Å². The zero-order valence-corrected chi connectivity index (χ0v) is 14.7. The fourth-order valence-corrected chi connectivity index (χ4v) is 2.57. The number of nitrogens with one attached hydrogen (secondary N) is 1. The zero-order valence-electron chi connectivity index (χ0n) is 14.0. The first-order chi connectivity index (χ1) is 10.1. The van der Waals surface area contributed by atoms with E-state index in [-0.39, 0.29) is 0 Å². The van der Waals surface area contributed by atoms with Gasteiger partial charge in [-0.2, -0.15) is 0 Å². The molecular formula is C17H30ClN3. The third-order valence-electron chi connectivity index (χ3n) is 3.55. The summed E-state index contributed by atoms with van der Waals surface area (Å²) in [6.07, 6.45) is 2.32. The van der Waals surface area contributed by atoms with Gasteiger partial charge in [-0.05, 0) is 64.6 Å². The van der Waals surface area contributed by atoms with Crippen molar-refractivity contribution < 1.29 is 0 Å². The molecule has 0 aliphatic heterocycles. The smallest absolute Gasteiger partial charge is 0.0426 e. The SMILES string of the molecule is CCCNCc1ccc(Cl)cc1N(CC)CCCN(C)C. The Morgan fingerprint density at radius 2 is 1.90 bits per heavy atom. The Kier molecular flexibility index (Phi) is 8.74. The van der Waals surface area contributed by atoms with Gasteiger partial charge in [-0.3, -0.25) is 0 Å². The monoisotopic (exact) mass is 311 g/mol. The van der Waals surface area contributed by atoms with Crippen LogP contribution in [0.1, 0.15) is 32.3 Å². The Bertz CT molecular complexity index is 407. The lowest BCUT2D eigenvalue weighted by Crippen LogP contribution is -2.28. The molecular weight excluding hydrogens is 282 g/mol. The third-order valence-corrected chi connectivity index (χ3v) is 3.78. The highest BCUT2D eigenvalue weighted by atomic mass is 35.5. The van der Waals surface area contributed by atoms with Crippen LogP contribution in [-0.4, -0.2) is 45.2 Å². The van der Waals surface area contributed by atoms with E-state index in [1.807, 2.05) is 6.07 Å². The van der Waals surface area contributed by atoms with E-state index in [1.54, 1.807) is 0 Å². The van der Waals surface area contributed by atoms with Crippen LogP contribution < -0.4 is 10.2 Å². The van der Waals surface area contributed by atoms with Crippen molar-refractivity contribution in [3.63, 3.8) is 0 Å². The van der Waals surface area contributed by atoms with Gasteiger partial charge in [0.05, 0.1) is 0 Å². The first-order valence-corrected chi connectivity index (χ1v) is 8.35. The fraction of sp³-hybridized carbons (Fsp3) is 0.647. The molecule has 3 nitrogen and oxygen atoms in total. The van der Waals surface area contributed by atoms with Crippen molar-refractivity contribution in [3.8, 4) is 0 Å². The highest BCUT2D eigenvalue weighted by Crippen LogP contribution is 2.25. The Labute approximate surface area is 135 Å². The van der Waals surface area contributed by atoms with E-state index < -0.39 is 0 Å². The number of nitrogens with zero attached hydrogens (tertiary/aromatic N) is 2. The maximum atomic E-state index is 6.21. The topological polar surface area (TPSA) is 18.5 Å². The van der Waals surface area contributed by atoms with Crippen molar-refractivity contribution in [3.05, 3.63) is 28.8 Å². The number of hydrogen-bond donors (Lipinski definition) is 1. The number of halogens is 1. The van der Waals surface area contributed by atoms with Gasteiger partial charge in [-0.1, -0.05) is 24.6 Å². The molecule has 0 saturated heterocycles. The molecule has 0 fully saturated rings. The second-order valence-corrected chi connectivity index (χ2v) is 6.12. The van der Waals surface area contributed by atoms with Gasteiger partial charge in [-0.25, -0.2) is 0 Å². The molecule has 1 aromatic carbocycles. The molecule has 0 bridgehead atoms. The van der Waals surface area contributed by atoms with E-state index in [1.165, 1.54) is 11.3 Å². The van der Waals surface area contributed by atoms with Gasteiger partial charge in [0.2, 0.25) is 0 Å². The van der Waals surface area contributed by atoms with Gasteiger partial charge in [-0.15, -0.1) is 0 Å². The maximum absolute atomic E-state index is 6.21. The quantitative estimate of drug-likeness (QED) is 0.666. The Balaban J connectivity index is 2.77. The van der Waals surface area contributed by atoms with Crippen LogP contribution in [0.15, 0.2) is 18.2 Å². The first-order valence-electron chi connectivity index (χ1n) is 7.97. The normalized spacial score (nSPS) is 11.1. The Morgan fingerprint density at radius 3 is 2.52 bits per heavy atom. The average molecular weight is 312 g/mol.